The molecule has 0 radical (unpaired) electrons. The molecule has 0 saturated heterocycles. The minimum absolute atomic E-state index is 0.0732. The van der Waals surface area contributed by atoms with E-state index in [4.69, 9.17) is 0 Å². The van der Waals surface area contributed by atoms with Crippen LogP contribution < -0.4 is 5.32 Å². The fourth-order valence-corrected chi connectivity index (χ4v) is 1.86. The maximum absolute atomic E-state index is 12.6. The van der Waals surface area contributed by atoms with Crippen molar-refractivity contribution in [2.24, 2.45) is 5.41 Å². The smallest absolute Gasteiger partial charge is 0.358 e. The fraction of sp³-hybridized carbons (Fsp3) is 0.875. The molecule has 1 fully saturated rings. The maximum atomic E-state index is 12.6. The number of hydrogen-bond acceptors (Lipinski definition) is 1. The summed E-state index contributed by atoms with van der Waals surface area (Å²) in [6.45, 7) is 0. The molecule has 0 unspecified atom stereocenters. The summed E-state index contributed by atoms with van der Waals surface area (Å²) >= 11 is 0. The molecule has 1 amide bonds. The van der Waals surface area contributed by atoms with Gasteiger partial charge in [-0.3, -0.25) is 4.79 Å². The second-order valence-electron chi connectivity index (χ2n) is 3.37. The van der Waals surface area contributed by atoms with Crippen LogP contribution in [0.1, 0.15) is 25.7 Å². The predicted octanol–water partition coefficient (Wildman–Crippen LogP) is 1.86. The first-order valence-corrected chi connectivity index (χ1v) is 4.23. The summed E-state index contributed by atoms with van der Waals surface area (Å²) in [5.74, 6) is -0.891. The van der Waals surface area contributed by atoms with E-state index in [9.17, 15) is 18.0 Å². The van der Waals surface area contributed by atoms with Gasteiger partial charge >= 0.3 is 6.18 Å². The Hall–Kier alpha value is -0.740. The normalized spacial score (nSPS) is 21.5. The lowest BCUT2D eigenvalue weighted by molar-refractivity contribution is -0.219. The lowest BCUT2D eigenvalue weighted by Gasteiger charge is -2.29. The summed E-state index contributed by atoms with van der Waals surface area (Å²) in [6, 6.07) is 0. The van der Waals surface area contributed by atoms with Crippen LogP contribution in [0.5, 0.6) is 0 Å². The van der Waals surface area contributed by atoms with Crippen molar-refractivity contribution in [3.8, 4) is 0 Å². The topological polar surface area (TPSA) is 29.1 Å². The van der Waals surface area contributed by atoms with E-state index in [1.54, 1.807) is 0 Å². The Kier molecular flexibility index (Phi) is 2.54. The molecule has 0 spiro atoms. The van der Waals surface area contributed by atoms with E-state index in [0.29, 0.717) is 12.8 Å². The molecule has 76 valence electrons. The van der Waals surface area contributed by atoms with Gasteiger partial charge in [-0.1, -0.05) is 12.8 Å². The quantitative estimate of drug-likeness (QED) is 0.679. The number of alkyl halides is 3. The van der Waals surface area contributed by atoms with Crippen molar-refractivity contribution in [1.29, 1.82) is 0 Å². The highest BCUT2D eigenvalue weighted by Gasteiger charge is 2.60. The Balaban J connectivity index is 2.94. The Morgan fingerprint density at radius 1 is 1.31 bits per heavy atom. The molecule has 0 aromatic carbocycles. The largest absolute Gasteiger partial charge is 0.403 e. The summed E-state index contributed by atoms with van der Waals surface area (Å²) in [4.78, 5) is 11.2. The van der Waals surface area contributed by atoms with Crippen LogP contribution in [0.2, 0.25) is 0 Å². The average molecular weight is 195 g/mol. The van der Waals surface area contributed by atoms with Gasteiger partial charge in [-0.2, -0.15) is 13.2 Å². The predicted molar refractivity (Wildman–Crippen MR) is 41.0 cm³/mol. The summed E-state index contributed by atoms with van der Waals surface area (Å²) < 4.78 is 37.8. The number of rotatable bonds is 1. The zero-order valence-corrected chi connectivity index (χ0v) is 7.37. The molecule has 0 heterocycles. The molecule has 0 bridgehead atoms. The Bertz CT molecular complexity index is 206. The molecule has 2 nitrogen and oxygen atoms in total. The van der Waals surface area contributed by atoms with Crippen molar-refractivity contribution < 1.29 is 18.0 Å². The fourth-order valence-electron chi connectivity index (χ4n) is 1.86. The van der Waals surface area contributed by atoms with Crippen LogP contribution in [-0.2, 0) is 4.79 Å². The molecule has 1 N–H and O–H groups in total. The first kappa shape index (κ1) is 10.3. The second-order valence-corrected chi connectivity index (χ2v) is 3.37. The maximum Gasteiger partial charge on any atom is 0.403 e. The zero-order valence-electron chi connectivity index (χ0n) is 7.37. The Morgan fingerprint density at radius 3 is 2.08 bits per heavy atom. The van der Waals surface area contributed by atoms with Crippen LogP contribution in [0.3, 0.4) is 0 Å². The zero-order chi connectivity index (χ0) is 10.1. The molecular weight excluding hydrogens is 183 g/mol. The van der Waals surface area contributed by atoms with Gasteiger partial charge < -0.3 is 5.32 Å². The van der Waals surface area contributed by atoms with Crippen LogP contribution in [0.25, 0.3) is 0 Å². The van der Waals surface area contributed by atoms with E-state index < -0.39 is 17.5 Å². The van der Waals surface area contributed by atoms with E-state index >= 15 is 0 Å². The summed E-state index contributed by atoms with van der Waals surface area (Å²) in [7, 11) is 1.24. The third-order valence-corrected chi connectivity index (χ3v) is 2.66. The van der Waals surface area contributed by atoms with Crippen LogP contribution in [0.4, 0.5) is 13.2 Å². The lowest BCUT2D eigenvalue weighted by atomic mass is 9.84. The van der Waals surface area contributed by atoms with Crippen LogP contribution in [0, 0.1) is 5.41 Å². The highest BCUT2D eigenvalue weighted by molar-refractivity contribution is 5.83. The standard InChI is InChI=1S/C8H12F3NO/c1-12-6(13)7(8(9,10)11)4-2-3-5-7/h2-5H2,1H3,(H,12,13). The highest BCUT2D eigenvalue weighted by atomic mass is 19.4. The van der Waals surface area contributed by atoms with Crippen LogP contribution in [0.15, 0.2) is 0 Å². The number of carbonyl (C=O) groups excluding carboxylic acids is 1. The van der Waals surface area contributed by atoms with E-state index in [-0.39, 0.29) is 12.8 Å². The number of hydrogen-bond donors (Lipinski definition) is 1. The molecule has 0 atom stereocenters. The second kappa shape index (κ2) is 3.20. The molecule has 1 saturated carbocycles. The van der Waals surface area contributed by atoms with Crippen molar-refractivity contribution in [3.05, 3.63) is 0 Å². The third kappa shape index (κ3) is 1.51. The number of amides is 1. The Labute approximate surface area is 74.5 Å². The van der Waals surface area contributed by atoms with Crippen molar-refractivity contribution in [2.45, 2.75) is 31.9 Å². The minimum atomic E-state index is -4.41. The molecule has 1 aliphatic carbocycles. The number of halogens is 3. The number of nitrogens with one attached hydrogen (secondary N) is 1. The van der Waals surface area contributed by atoms with Crippen molar-refractivity contribution in [2.75, 3.05) is 7.05 Å². The molecule has 5 heteroatoms. The molecule has 13 heavy (non-hydrogen) atoms. The van der Waals surface area contributed by atoms with Crippen LogP contribution >= 0.6 is 0 Å². The highest BCUT2D eigenvalue weighted by Crippen LogP contribution is 2.50. The van der Waals surface area contributed by atoms with Gasteiger partial charge in [0, 0.05) is 7.05 Å². The van der Waals surface area contributed by atoms with E-state index in [0.717, 1.165) is 0 Å². The molecular formula is C8H12F3NO. The van der Waals surface area contributed by atoms with Gasteiger partial charge in [-0.15, -0.1) is 0 Å². The third-order valence-electron chi connectivity index (χ3n) is 2.66. The lowest BCUT2D eigenvalue weighted by Crippen LogP contribution is -2.47. The monoisotopic (exact) mass is 195 g/mol. The SMILES string of the molecule is CNC(=O)C1(C(F)(F)F)CCCC1. The van der Waals surface area contributed by atoms with E-state index in [2.05, 4.69) is 5.32 Å². The van der Waals surface area contributed by atoms with Crippen molar-refractivity contribution in [3.63, 3.8) is 0 Å². The Morgan fingerprint density at radius 2 is 1.77 bits per heavy atom. The minimum Gasteiger partial charge on any atom is -0.358 e. The van der Waals surface area contributed by atoms with Crippen LogP contribution in [-0.4, -0.2) is 19.1 Å². The van der Waals surface area contributed by atoms with Gasteiger partial charge in [0.15, 0.2) is 0 Å². The molecule has 1 aliphatic rings. The van der Waals surface area contributed by atoms with Gasteiger partial charge in [0.05, 0.1) is 0 Å². The summed E-state index contributed by atoms with van der Waals surface area (Å²) in [5.41, 5.74) is -2.11. The molecule has 0 aliphatic heterocycles. The first-order chi connectivity index (χ1) is 5.94. The van der Waals surface area contributed by atoms with Gasteiger partial charge in [0.25, 0.3) is 0 Å². The summed E-state index contributed by atoms with van der Waals surface area (Å²) in [6.07, 6.45) is -3.60. The van der Waals surface area contributed by atoms with E-state index in [1.165, 1.54) is 7.05 Å². The molecule has 0 aromatic rings. The first-order valence-electron chi connectivity index (χ1n) is 4.23. The van der Waals surface area contributed by atoms with Gasteiger partial charge in [-0.05, 0) is 12.8 Å². The van der Waals surface area contributed by atoms with E-state index in [1.807, 2.05) is 0 Å². The molecule has 1 rings (SSSR count). The molecule has 0 aromatic heterocycles. The average Bonchev–Trinajstić information content (AvgIpc) is 2.50. The van der Waals surface area contributed by atoms with Crippen molar-refractivity contribution in [1.82, 2.24) is 5.32 Å². The summed E-state index contributed by atoms with van der Waals surface area (Å²) in [5, 5.41) is 2.10. The van der Waals surface area contributed by atoms with Gasteiger partial charge in [0.2, 0.25) is 5.91 Å². The van der Waals surface area contributed by atoms with Gasteiger partial charge in [-0.25, -0.2) is 0 Å². The van der Waals surface area contributed by atoms with Crippen molar-refractivity contribution >= 4 is 5.91 Å². The number of carbonyl (C=O) groups is 1. The van der Waals surface area contributed by atoms with Gasteiger partial charge in [0.1, 0.15) is 5.41 Å².